The van der Waals surface area contributed by atoms with Crippen LogP contribution in [0.4, 0.5) is 18.3 Å². The molecule has 1 heterocycles. The highest BCUT2D eigenvalue weighted by molar-refractivity contribution is 7.15. The summed E-state index contributed by atoms with van der Waals surface area (Å²) in [5.74, 6) is 0.342. The highest BCUT2D eigenvalue weighted by atomic mass is 32.1. The van der Waals surface area contributed by atoms with E-state index in [0.29, 0.717) is 23.7 Å². The molecule has 98 valence electrons. The molecule has 1 rings (SSSR count). The highest BCUT2D eigenvalue weighted by Crippen LogP contribution is 2.34. The molecule has 0 bridgehead atoms. The Balaban J connectivity index is 2.45. The molecular formula is C10H15F3N2OS. The zero-order chi connectivity index (χ0) is 13.1. The van der Waals surface area contributed by atoms with Crippen molar-refractivity contribution in [3.05, 3.63) is 11.1 Å². The number of rotatable bonds is 5. The van der Waals surface area contributed by atoms with Crippen molar-refractivity contribution in [2.45, 2.75) is 32.5 Å². The molecule has 0 amide bonds. The van der Waals surface area contributed by atoms with Crippen molar-refractivity contribution >= 4 is 16.5 Å². The Labute approximate surface area is 102 Å². The number of hydrogen-bond donors (Lipinski definition) is 2. The average Bonchev–Trinajstić information content (AvgIpc) is 2.61. The molecule has 2 N–H and O–H groups in total. The molecule has 3 nitrogen and oxygen atoms in total. The second-order valence-corrected chi connectivity index (χ2v) is 5.22. The standard InChI is InChI=1S/C10H15F3N2OS/c1-6(2)3-7(16)4-14-9-15-5-8(17-9)10(11,12)13/h5-7,16H,3-4H2,1-2H3,(H,14,15). The van der Waals surface area contributed by atoms with Crippen molar-refractivity contribution in [3.63, 3.8) is 0 Å². The van der Waals surface area contributed by atoms with Gasteiger partial charge in [-0.3, -0.25) is 0 Å². The van der Waals surface area contributed by atoms with Crippen LogP contribution in [0.25, 0.3) is 0 Å². The molecule has 7 heteroatoms. The lowest BCUT2D eigenvalue weighted by atomic mass is 10.1. The molecule has 17 heavy (non-hydrogen) atoms. The van der Waals surface area contributed by atoms with Gasteiger partial charge in [0.15, 0.2) is 5.13 Å². The summed E-state index contributed by atoms with van der Waals surface area (Å²) in [5, 5.41) is 12.4. The number of nitrogens with zero attached hydrogens (tertiary/aromatic N) is 1. The molecule has 1 aromatic rings. The van der Waals surface area contributed by atoms with Crippen LogP contribution in [0.2, 0.25) is 0 Å². The second kappa shape index (κ2) is 5.68. The van der Waals surface area contributed by atoms with Gasteiger partial charge in [-0.15, -0.1) is 0 Å². The molecule has 0 aliphatic heterocycles. The quantitative estimate of drug-likeness (QED) is 0.863. The lowest BCUT2D eigenvalue weighted by Gasteiger charge is -2.12. The molecule has 0 aromatic carbocycles. The minimum atomic E-state index is -4.35. The normalized spacial score (nSPS) is 14.1. The van der Waals surface area contributed by atoms with E-state index < -0.39 is 17.2 Å². The fourth-order valence-corrected chi connectivity index (χ4v) is 2.01. The number of aliphatic hydroxyl groups is 1. The lowest BCUT2D eigenvalue weighted by molar-refractivity contribution is -0.134. The van der Waals surface area contributed by atoms with Crippen LogP contribution in [0, 0.1) is 5.92 Å². The molecule has 0 saturated heterocycles. The lowest BCUT2D eigenvalue weighted by Crippen LogP contribution is -2.21. The number of alkyl halides is 3. The molecule has 1 atom stereocenters. The van der Waals surface area contributed by atoms with E-state index in [4.69, 9.17) is 0 Å². The molecule has 0 saturated carbocycles. The van der Waals surface area contributed by atoms with Gasteiger partial charge in [0.1, 0.15) is 4.88 Å². The van der Waals surface area contributed by atoms with Crippen molar-refractivity contribution in [2.24, 2.45) is 5.92 Å². The van der Waals surface area contributed by atoms with Gasteiger partial charge in [0.05, 0.1) is 12.3 Å². The first kappa shape index (κ1) is 14.2. The van der Waals surface area contributed by atoms with Gasteiger partial charge < -0.3 is 10.4 Å². The number of thiazole rings is 1. The van der Waals surface area contributed by atoms with Crippen LogP contribution < -0.4 is 5.32 Å². The van der Waals surface area contributed by atoms with Crippen molar-refractivity contribution in [3.8, 4) is 0 Å². The summed E-state index contributed by atoms with van der Waals surface area (Å²) in [4.78, 5) is 2.87. The molecule has 0 fully saturated rings. The number of anilines is 1. The van der Waals surface area contributed by atoms with Crippen molar-refractivity contribution in [2.75, 3.05) is 11.9 Å². The van der Waals surface area contributed by atoms with Gasteiger partial charge in [-0.05, 0) is 12.3 Å². The summed E-state index contributed by atoms with van der Waals surface area (Å²) in [6, 6.07) is 0. The van der Waals surface area contributed by atoms with E-state index in [-0.39, 0.29) is 11.7 Å². The van der Waals surface area contributed by atoms with Crippen LogP contribution in [0.3, 0.4) is 0 Å². The summed E-state index contributed by atoms with van der Waals surface area (Å²) in [6.07, 6.45) is -3.53. The molecule has 0 radical (unpaired) electrons. The number of halogens is 3. The average molecular weight is 268 g/mol. The van der Waals surface area contributed by atoms with Gasteiger partial charge in [-0.25, -0.2) is 4.98 Å². The summed E-state index contributed by atoms with van der Waals surface area (Å²) in [6.45, 7) is 4.14. The third-order valence-corrected chi connectivity index (χ3v) is 3.02. The van der Waals surface area contributed by atoms with Crippen LogP contribution in [0.15, 0.2) is 6.20 Å². The first-order valence-electron chi connectivity index (χ1n) is 5.24. The Morgan fingerprint density at radius 1 is 1.47 bits per heavy atom. The first-order valence-corrected chi connectivity index (χ1v) is 6.05. The number of aromatic nitrogens is 1. The van der Waals surface area contributed by atoms with Gasteiger partial charge in [0.2, 0.25) is 0 Å². The molecule has 1 aromatic heterocycles. The van der Waals surface area contributed by atoms with E-state index in [2.05, 4.69) is 10.3 Å². The third kappa shape index (κ3) is 4.91. The van der Waals surface area contributed by atoms with Crippen LogP contribution >= 0.6 is 11.3 Å². The maximum Gasteiger partial charge on any atom is 0.427 e. The predicted molar refractivity (Wildman–Crippen MR) is 61.1 cm³/mol. The van der Waals surface area contributed by atoms with Crippen molar-refractivity contribution < 1.29 is 18.3 Å². The van der Waals surface area contributed by atoms with Gasteiger partial charge >= 0.3 is 6.18 Å². The summed E-state index contributed by atoms with van der Waals surface area (Å²) in [7, 11) is 0. The number of aliphatic hydroxyl groups excluding tert-OH is 1. The zero-order valence-corrected chi connectivity index (χ0v) is 10.4. The van der Waals surface area contributed by atoms with E-state index in [1.54, 1.807) is 0 Å². The maximum absolute atomic E-state index is 12.3. The SMILES string of the molecule is CC(C)CC(O)CNc1ncc(C(F)(F)F)s1. The fraction of sp³-hybridized carbons (Fsp3) is 0.700. The van der Waals surface area contributed by atoms with Crippen LogP contribution in [-0.2, 0) is 6.18 Å². The van der Waals surface area contributed by atoms with Gasteiger partial charge in [-0.2, -0.15) is 13.2 Å². The zero-order valence-electron chi connectivity index (χ0n) is 9.58. The highest BCUT2D eigenvalue weighted by Gasteiger charge is 2.33. The Bertz CT molecular complexity index is 352. The second-order valence-electron chi connectivity index (χ2n) is 4.19. The Kier molecular flexibility index (Phi) is 4.76. The van der Waals surface area contributed by atoms with E-state index in [0.717, 1.165) is 6.20 Å². The monoisotopic (exact) mass is 268 g/mol. The predicted octanol–water partition coefficient (Wildman–Crippen LogP) is 2.98. The van der Waals surface area contributed by atoms with E-state index in [9.17, 15) is 18.3 Å². The minimum absolute atomic E-state index is 0.181. The summed E-state index contributed by atoms with van der Waals surface area (Å²) in [5.41, 5.74) is 0. The molecule has 1 unspecified atom stereocenters. The first-order chi connectivity index (χ1) is 7.79. The van der Waals surface area contributed by atoms with Crippen LogP contribution in [-0.4, -0.2) is 22.7 Å². The molecule has 0 aliphatic carbocycles. The molecule has 0 aliphatic rings. The smallest absolute Gasteiger partial charge is 0.391 e. The maximum atomic E-state index is 12.3. The van der Waals surface area contributed by atoms with Gasteiger partial charge in [-0.1, -0.05) is 25.2 Å². The fourth-order valence-electron chi connectivity index (χ4n) is 1.32. The number of hydrogen-bond acceptors (Lipinski definition) is 4. The van der Waals surface area contributed by atoms with E-state index in [1.807, 2.05) is 13.8 Å². The van der Waals surface area contributed by atoms with Crippen molar-refractivity contribution in [1.29, 1.82) is 0 Å². The van der Waals surface area contributed by atoms with Crippen molar-refractivity contribution in [1.82, 2.24) is 4.98 Å². The Morgan fingerprint density at radius 2 is 2.12 bits per heavy atom. The van der Waals surface area contributed by atoms with Crippen LogP contribution in [0.5, 0.6) is 0 Å². The molecule has 0 spiro atoms. The van der Waals surface area contributed by atoms with Gasteiger partial charge in [0.25, 0.3) is 0 Å². The van der Waals surface area contributed by atoms with Gasteiger partial charge in [0, 0.05) is 6.54 Å². The summed E-state index contributed by atoms with van der Waals surface area (Å²) >= 11 is 0.542. The topological polar surface area (TPSA) is 45.1 Å². The minimum Gasteiger partial charge on any atom is -0.391 e. The van der Waals surface area contributed by atoms with Crippen LogP contribution in [0.1, 0.15) is 25.1 Å². The summed E-state index contributed by atoms with van der Waals surface area (Å²) < 4.78 is 36.8. The Morgan fingerprint density at radius 3 is 2.59 bits per heavy atom. The number of nitrogens with one attached hydrogen (secondary N) is 1. The Hall–Kier alpha value is -0.820. The van der Waals surface area contributed by atoms with E-state index >= 15 is 0 Å². The largest absolute Gasteiger partial charge is 0.427 e. The third-order valence-electron chi connectivity index (χ3n) is 2.02. The molecular weight excluding hydrogens is 253 g/mol. The van der Waals surface area contributed by atoms with E-state index in [1.165, 1.54) is 0 Å².